The van der Waals surface area contributed by atoms with Gasteiger partial charge in [0.2, 0.25) is 15.9 Å². The van der Waals surface area contributed by atoms with Crippen molar-refractivity contribution in [3.05, 3.63) is 65.5 Å². The van der Waals surface area contributed by atoms with Crippen LogP contribution in [0.2, 0.25) is 0 Å². The van der Waals surface area contributed by atoms with Crippen LogP contribution in [0.25, 0.3) is 0 Å². The van der Waals surface area contributed by atoms with Gasteiger partial charge in [-0.15, -0.1) is 0 Å². The predicted molar refractivity (Wildman–Crippen MR) is 107 cm³/mol. The van der Waals surface area contributed by atoms with E-state index < -0.39 is 10.0 Å². The first-order valence-electron chi connectivity index (χ1n) is 9.58. The second kappa shape index (κ2) is 9.47. The molecule has 0 saturated carbocycles. The van der Waals surface area contributed by atoms with Crippen molar-refractivity contribution in [1.29, 1.82) is 0 Å². The van der Waals surface area contributed by atoms with Crippen molar-refractivity contribution in [1.82, 2.24) is 9.62 Å². The fourth-order valence-electron chi connectivity index (χ4n) is 3.17. The van der Waals surface area contributed by atoms with Crippen LogP contribution in [0.1, 0.15) is 30.5 Å². The van der Waals surface area contributed by atoms with E-state index in [1.165, 1.54) is 16.4 Å². The molecule has 0 aliphatic carbocycles. The number of carbonyl (C=O) groups excluding carboxylic acids is 1. The highest BCUT2D eigenvalue weighted by molar-refractivity contribution is 7.89. The first-order valence-corrected chi connectivity index (χ1v) is 11.0. The molecule has 3 rings (SSSR count). The van der Waals surface area contributed by atoms with E-state index in [9.17, 15) is 17.6 Å². The number of sulfonamides is 1. The van der Waals surface area contributed by atoms with Gasteiger partial charge in [0.15, 0.2) is 0 Å². The number of hydrogen-bond donors (Lipinski definition) is 1. The SMILES string of the molecule is C[C@H](NC(=O)CCc1ccc(S(=O)(=O)N2CCOCC2)cc1)c1ccc(F)cc1. The summed E-state index contributed by atoms with van der Waals surface area (Å²) in [5.41, 5.74) is 1.72. The van der Waals surface area contributed by atoms with E-state index in [0.717, 1.165) is 11.1 Å². The van der Waals surface area contributed by atoms with Crippen LogP contribution >= 0.6 is 0 Å². The highest BCUT2D eigenvalue weighted by Gasteiger charge is 2.26. The number of carbonyl (C=O) groups is 1. The van der Waals surface area contributed by atoms with Crippen LogP contribution < -0.4 is 5.32 Å². The predicted octanol–water partition coefficient (Wildman–Crippen LogP) is 2.66. The lowest BCUT2D eigenvalue weighted by Crippen LogP contribution is -2.40. The van der Waals surface area contributed by atoms with E-state index in [4.69, 9.17) is 4.74 Å². The van der Waals surface area contributed by atoms with Crippen molar-refractivity contribution in [2.45, 2.75) is 30.7 Å². The van der Waals surface area contributed by atoms with E-state index in [0.29, 0.717) is 32.7 Å². The van der Waals surface area contributed by atoms with E-state index in [1.807, 2.05) is 6.92 Å². The molecule has 29 heavy (non-hydrogen) atoms. The molecule has 0 radical (unpaired) electrons. The maximum atomic E-state index is 13.0. The lowest BCUT2D eigenvalue weighted by atomic mass is 10.1. The number of nitrogens with zero attached hydrogens (tertiary/aromatic N) is 1. The van der Waals surface area contributed by atoms with Crippen LogP contribution in [0.15, 0.2) is 53.4 Å². The van der Waals surface area contributed by atoms with E-state index >= 15 is 0 Å². The van der Waals surface area contributed by atoms with Crippen LogP contribution in [0.3, 0.4) is 0 Å². The van der Waals surface area contributed by atoms with Gasteiger partial charge in [0, 0.05) is 19.5 Å². The molecule has 1 heterocycles. The largest absolute Gasteiger partial charge is 0.379 e. The van der Waals surface area contributed by atoms with Gasteiger partial charge in [-0.3, -0.25) is 4.79 Å². The summed E-state index contributed by atoms with van der Waals surface area (Å²) >= 11 is 0. The minimum Gasteiger partial charge on any atom is -0.379 e. The topological polar surface area (TPSA) is 75.7 Å². The van der Waals surface area contributed by atoms with Gasteiger partial charge >= 0.3 is 0 Å². The number of nitrogens with one attached hydrogen (secondary N) is 1. The Labute approximate surface area is 170 Å². The summed E-state index contributed by atoms with van der Waals surface area (Å²) in [6.07, 6.45) is 0.779. The Morgan fingerprint density at radius 1 is 1.10 bits per heavy atom. The summed E-state index contributed by atoms with van der Waals surface area (Å²) in [4.78, 5) is 12.4. The number of halogens is 1. The van der Waals surface area contributed by atoms with Gasteiger partial charge in [0.25, 0.3) is 0 Å². The van der Waals surface area contributed by atoms with Crippen LogP contribution in [-0.4, -0.2) is 44.9 Å². The first-order chi connectivity index (χ1) is 13.9. The quantitative estimate of drug-likeness (QED) is 0.747. The van der Waals surface area contributed by atoms with Gasteiger partial charge in [-0.05, 0) is 48.7 Å². The highest BCUT2D eigenvalue weighted by atomic mass is 32.2. The molecule has 1 N–H and O–H groups in total. The summed E-state index contributed by atoms with van der Waals surface area (Å²) in [5, 5.41) is 2.89. The van der Waals surface area contributed by atoms with Crippen LogP contribution in [0.4, 0.5) is 4.39 Å². The minimum atomic E-state index is -3.51. The van der Waals surface area contributed by atoms with Crippen LogP contribution in [0.5, 0.6) is 0 Å². The Morgan fingerprint density at radius 3 is 2.34 bits per heavy atom. The smallest absolute Gasteiger partial charge is 0.243 e. The number of benzene rings is 2. The lowest BCUT2D eigenvalue weighted by Gasteiger charge is -2.26. The molecule has 1 aliphatic rings. The Hall–Kier alpha value is -2.29. The number of ether oxygens (including phenoxy) is 1. The standard InChI is InChI=1S/C21H25FN2O4S/c1-16(18-5-7-19(22)8-6-18)23-21(25)11-4-17-2-9-20(10-3-17)29(26,27)24-12-14-28-15-13-24/h2-3,5-10,16H,4,11-15H2,1H3,(H,23,25)/t16-/m0/s1. The molecule has 8 heteroatoms. The van der Waals surface area contributed by atoms with Gasteiger partial charge < -0.3 is 10.1 Å². The maximum absolute atomic E-state index is 13.0. The third-order valence-electron chi connectivity index (χ3n) is 4.92. The number of hydrogen-bond acceptors (Lipinski definition) is 4. The number of rotatable bonds is 7. The van der Waals surface area contributed by atoms with E-state index in [1.54, 1.807) is 36.4 Å². The highest BCUT2D eigenvalue weighted by Crippen LogP contribution is 2.18. The van der Waals surface area contributed by atoms with Crippen LogP contribution in [0, 0.1) is 5.82 Å². The van der Waals surface area contributed by atoms with Crippen molar-refractivity contribution < 1.29 is 22.3 Å². The molecule has 156 valence electrons. The Balaban J connectivity index is 1.53. The number of aryl methyl sites for hydroxylation is 1. The normalized spacial score (nSPS) is 16.3. The molecule has 0 spiro atoms. The summed E-state index contributed by atoms with van der Waals surface area (Å²) < 4.78 is 44.9. The van der Waals surface area contributed by atoms with Crippen molar-refractivity contribution in [2.75, 3.05) is 26.3 Å². The number of morpholine rings is 1. The summed E-state index contributed by atoms with van der Waals surface area (Å²) in [6, 6.07) is 12.5. The zero-order valence-electron chi connectivity index (χ0n) is 16.3. The maximum Gasteiger partial charge on any atom is 0.243 e. The molecule has 0 unspecified atom stereocenters. The second-order valence-electron chi connectivity index (χ2n) is 7.00. The van der Waals surface area contributed by atoms with Gasteiger partial charge in [0.05, 0.1) is 24.2 Å². The molecule has 0 bridgehead atoms. The number of amides is 1. The Morgan fingerprint density at radius 2 is 1.72 bits per heavy atom. The molecule has 0 aromatic heterocycles. The fourth-order valence-corrected chi connectivity index (χ4v) is 4.58. The zero-order chi connectivity index (χ0) is 20.9. The summed E-state index contributed by atoms with van der Waals surface area (Å²) in [5.74, 6) is -0.432. The Kier molecular flexibility index (Phi) is 7.00. The van der Waals surface area contributed by atoms with Crippen LogP contribution in [-0.2, 0) is 26.0 Å². The fraction of sp³-hybridized carbons (Fsp3) is 0.381. The minimum absolute atomic E-state index is 0.119. The van der Waals surface area contributed by atoms with Crippen molar-refractivity contribution in [2.24, 2.45) is 0 Å². The molecule has 1 aliphatic heterocycles. The molecule has 1 saturated heterocycles. The molecule has 1 fully saturated rings. The average molecular weight is 421 g/mol. The molecule has 1 atom stereocenters. The lowest BCUT2D eigenvalue weighted by molar-refractivity contribution is -0.121. The van der Waals surface area contributed by atoms with Crippen molar-refractivity contribution >= 4 is 15.9 Å². The molecular formula is C21H25FN2O4S. The second-order valence-corrected chi connectivity index (χ2v) is 8.94. The molecule has 2 aromatic rings. The van der Waals surface area contributed by atoms with Gasteiger partial charge in [-0.25, -0.2) is 12.8 Å². The molecule has 1 amide bonds. The molecule has 2 aromatic carbocycles. The summed E-state index contributed by atoms with van der Waals surface area (Å²) in [7, 11) is -3.51. The average Bonchev–Trinajstić information content (AvgIpc) is 2.73. The van der Waals surface area contributed by atoms with Gasteiger partial charge in [-0.1, -0.05) is 24.3 Å². The monoisotopic (exact) mass is 420 g/mol. The van der Waals surface area contributed by atoms with Crippen molar-refractivity contribution in [3.63, 3.8) is 0 Å². The van der Waals surface area contributed by atoms with E-state index in [-0.39, 0.29) is 29.1 Å². The zero-order valence-corrected chi connectivity index (χ0v) is 17.1. The van der Waals surface area contributed by atoms with Gasteiger partial charge in [-0.2, -0.15) is 4.31 Å². The molecule has 6 nitrogen and oxygen atoms in total. The van der Waals surface area contributed by atoms with Gasteiger partial charge in [0.1, 0.15) is 5.82 Å². The summed E-state index contributed by atoms with van der Waals surface area (Å²) in [6.45, 7) is 3.37. The Bertz CT molecular complexity index is 924. The third-order valence-corrected chi connectivity index (χ3v) is 6.83. The first kappa shape index (κ1) is 21.4. The van der Waals surface area contributed by atoms with E-state index in [2.05, 4.69) is 5.32 Å². The van der Waals surface area contributed by atoms with Crippen molar-refractivity contribution in [3.8, 4) is 0 Å². The third kappa shape index (κ3) is 5.62. The molecular weight excluding hydrogens is 395 g/mol.